The third kappa shape index (κ3) is 2.11. The van der Waals surface area contributed by atoms with E-state index in [-0.39, 0.29) is 0 Å². The van der Waals surface area contributed by atoms with Crippen molar-refractivity contribution in [3.63, 3.8) is 0 Å². The van der Waals surface area contributed by atoms with Gasteiger partial charge >= 0.3 is 0 Å². The maximum Gasteiger partial charge on any atom is 0.160 e. The van der Waals surface area contributed by atoms with E-state index in [1.165, 1.54) is 25.9 Å². The highest BCUT2D eigenvalue weighted by atomic mass is 16.6. The number of nitrogens with two attached hydrogens (primary N) is 1. The van der Waals surface area contributed by atoms with Crippen LogP contribution in [0.3, 0.4) is 0 Å². The predicted octanol–water partition coefficient (Wildman–Crippen LogP) is 1.31. The Kier molecular flexibility index (Phi) is 3.02. The fourth-order valence-electron chi connectivity index (χ4n) is 2.38. The van der Waals surface area contributed by atoms with Crippen LogP contribution in [0.2, 0.25) is 0 Å². The van der Waals surface area contributed by atoms with Crippen LogP contribution >= 0.6 is 0 Å². The number of hydrogen-bond acceptors (Lipinski definition) is 6. The van der Waals surface area contributed by atoms with Gasteiger partial charge in [-0.1, -0.05) is 0 Å². The monoisotopic (exact) mass is 247 g/mol. The largest absolute Gasteiger partial charge is 0.397 e. The van der Waals surface area contributed by atoms with Gasteiger partial charge in [-0.3, -0.25) is 0 Å². The molecule has 0 atom stereocenters. The summed E-state index contributed by atoms with van der Waals surface area (Å²) in [5.74, 6) is 0. The summed E-state index contributed by atoms with van der Waals surface area (Å²) in [6, 6.07) is 3.75. The lowest BCUT2D eigenvalue weighted by atomic mass is 10.2. The van der Waals surface area contributed by atoms with E-state index in [0.717, 1.165) is 18.8 Å². The molecule has 0 spiro atoms. The first-order valence-electron chi connectivity index (χ1n) is 6.31. The van der Waals surface area contributed by atoms with Crippen molar-refractivity contribution in [2.24, 2.45) is 0 Å². The van der Waals surface area contributed by atoms with Crippen molar-refractivity contribution >= 4 is 22.4 Å². The molecule has 1 fully saturated rings. The Hall–Kier alpha value is -1.82. The summed E-state index contributed by atoms with van der Waals surface area (Å²) in [7, 11) is 0. The second kappa shape index (κ2) is 4.81. The molecule has 0 unspecified atom stereocenters. The van der Waals surface area contributed by atoms with Crippen molar-refractivity contribution in [3.05, 3.63) is 12.1 Å². The molecule has 2 heterocycles. The molecule has 1 aliphatic rings. The van der Waals surface area contributed by atoms with Gasteiger partial charge in [-0.25, -0.2) is 4.63 Å². The molecular weight excluding hydrogens is 230 g/mol. The maximum absolute atomic E-state index is 5.80. The highest BCUT2D eigenvalue weighted by molar-refractivity contribution is 5.94. The molecule has 6 nitrogen and oxygen atoms in total. The molecule has 6 heteroatoms. The quantitative estimate of drug-likeness (QED) is 0.793. The van der Waals surface area contributed by atoms with Crippen LogP contribution in [0, 0.1) is 0 Å². The second-order valence-electron chi connectivity index (χ2n) is 4.64. The lowest BCUT2D eigenvalue weighted by Gasteiger charge is -2.15. The highest BCUT2D eigenvalue weighted by Gasteiger charge is 2.12. The topological polar surface area (TPSA) is 80.2 Å². The van der Waals surface area contributed by atoms with Crippen LogP contribution in [-0.2, 0) is 0 Å². The van der Waals surface area contributed by atoms with Gasteiger partial charge in [0.05, 0.1) is 11.4 Å². The summed E-state index contributed by atoms with van der Waals surface area (Å²) in [5.41, 5.74) is 8.65. The summed E-state index contributed by atoms with van der Waals surface area (Å²) in [6.07, 6.45) is 2.64. The van der Waals surface area contributed by atoms with E-state index in [1.807, 2.05) is 12.1 Å². The van der Waals surface area contributed by atoms with Gasteiger partial charge in [-0.05, 0) is 48.4 Å². The molecule has 18 heavy (non-hydrogen) atoms. The maximum atomic E-state index is 5.80. The van der Waals surface area contributed by atoms with Crippen molar-refractivity contribution in [3.8, 4) is 0 Å². The second-order valence-corrected chi connectivity index (χ2v) is 4.64. The van der Waals surface area contributed by atoms with Crippen LogP contribution in [0.15, 0.2) is 16.8 Å². The third-order valence-corrected chi connectivity index (χ3v) is 3.39. The molecule has 1 aromatic heterocycles. The Morgan fingerprint density at radius 1 is 1.22 bits per heavy atom. The van der Waals surface area contributed by atoms with Gasteiger partial charge in [-0.2, -0.15) is 0 Å². The average Bonchev–Trinajstić information content (AvgIpc) is 3.02. The van der Waals surface area contributed by atoms with Gasteiger partial charge in [0.15, 0.2) is 11.0 Å². The van der Waals surface area contributed by atoms with Gasteiger partial charge in [-0.15, -0.1) is 0 Å². The first-order chi connectivity index (χ1) is 8.84. The number of anilines is 2. The van der Waals surface area contributed by atoms with Gasteiger partial charge in [0, 0.05) is 13.1 Å². The van der Waals surface area contributed by atoms with E-state index in [9.17, 15) is 0 Å². The minimum absolute atomic E-state index is 0.594. The van der Waals surface area contributed by atoms with Crippen molar-refractivity contribution < 1.29 is 4.63 Å². The molecule has 1 saturated heterocycles. The van der Waals surface area contributed by atoms with E-state index >= 15 is 0 Å². The van der Waals surface area contributed by atoms with Crippen LogP contribution in [0.4, 0.5) is 11.4 Å². The van der Waals surface area contributed by atoms with Crippen molar-refractivity contribution in [2.45, 2.75) is 12.8 Å². The normalized spacial score (nSPS) is 16.4. The number of benzene rings is 1. The fourth-order valence-corrected chi connectivity index (χ4v) is 2.38. The first kappa shape index (κ1) is 11.3. The Balaban J connectivity index is 1.67. The Labute approximate surface area is 105 Å². The van der Waals surface area contributed by atoms with Crippen LogP contribution in [0.5, 0.6) is 0 Å². The van der Waals surface area contributed by atoms with Crippen molar-refractivity contribution in [1.82, 2.24) is 15.2 Å². The number of nitrogens with one attached hydrogen (secondary N) is 1. The zero-order chi connectivity index (χ0) is 12.4. The van der Waals surface area contributed by atoms with Gasteiger partial charge in [0.2, 0.25) is 0 Å². The number of aromatic nitrogens is 2. The third-order valence-electron chi connectivity index (χ3n) is 3.39. The molecule has 1 aliphatic heterocycles. The van der Waals surface area contributed by atoms with E-state index in [1.54, 1.807) is 0 Å². The van der Waals surface area contributed by atoms with E-state index in [4.69, 9.17) is 10.4 Å². The Morgan fingerprint density at radius 2 is 2.00 bits per heavy atom. The minimum atomic E-state index is 0.594. The van der Waals surface area contributed by atoms with E-state index in [2.05, 4.69) is 20.5 Å². The fraction of sp³-hybridized carbons (Fsp3) is 0.500. The zero-order valence-corrected chi connectivity index (χ0v) is 10.2. The number of nitrogen functional groups attached to an aromatic ring is 1. The molecule has 0 bridgehead atoms. The first-order valence-corrected chi connectivity index (χ1v) is 6.31. The Bertz CT molecular complexity index is 532. The lowest BCUT2D eigenvalue weighted by Crippen LogP contribution is -2.26. The van der Waals surface area contributed by atoms with Gasteiger partial charge < -0.3 is 16.0 Å². The molecule has 0 saturated carbocycles. The molecule has 2 aromatic rings. The van der Waals surface area contributed by atoms with Crippen LogP contribution < -0.4 is 11.1 Å². The predicted molar refractivity (Wildman–Crippen MR) is 70.4 cm³/mol. The number of likely N-dealkylation sites (tertiary alicyclic amines) is 1. The summed E-state index contributed by atoms with van der Waals surface area (Å²) in [4.78, 5) is 2.46. The standard InChI is InChI=1S/C12H17N5O/c13-9-3-4-10(12-11(9)15-18-16-12)14-5-8-17-6-1-2-7-17/h3-4,14H,1-2,5-8,13H2. The minimum Gasteiger partial charge on any atom is -0.397 e. The molecular formula is C12H17N5O. The lowest BCUT2D eigenvalue weighted by molar-refractivity contribution is 0.315. The van der Waals surface area contributed by atoms with Gasteiger partial charge in [0.1, 0.15) is 0 Å². The Morgan fingerprint density at radius 3 is 2.83 bits per heavy atom. The van der Waals surface area contributed by atoms with Crippen LogP contribution in [-0.4, -0.2) is 41.4 Å². The summed E-state index contributed by atoms with van der Waals surface area (Å²) >= 11 is 0. The molecule has 96 valence electrons. The SMILES string of the molecule is Nc1ccc(NCCN2CCCC2)c2nonc12. The molecule has 0 radical (unpaired) electrons. The van der Waals surface area contributed by atoms with Gasteiger partial charge in [0.25, 0.3) is 0 Å². The highest BCUT2D eigenvalue weighted by Crippen LogP contribution is 2.24. The van der Waals surface area contributed by atoms with Crippen LogP contribution in [0.25, 0.3) is 11.0 Å². The van der Waals surface area contributed by atoms with E-state index in [0.29, 0.717) is 16.7 Å². The number of nitrogens with zero attached hydrogens (tertiary/aromatic N) is 3. The van der Waals surface area contributed by atoms with Crippen molar-refractivity contribution in [2.75, 3.05) is 37.2 Å². The molecule has 0 aliphatic carbocycles. The number of rotatable bonds is 4. The van der Waals surface area contributed by atoms with Crippen LogP contribution in [0.1, 0.15) is 12.8 Å². The number of hydrogen-bond donors (Lipinski definition) is 2. The average molecular weight is 247 g/mol. The molecule has 3 rings (SSSR count). The van der Waals surface area contributed by atoms with Crippen molar-refractivity contribution in [1.29, 1.82) is 0 Å². The summed E-state index contributed by atoms with van der Waals surface area (Å²) in [5, 5.41) is 11.1. The number of fused-ring (bicyclic) bond motifs is 1. The smallest absolute Gasteiger partial charge is 0.160 e. The summed E-state index contributed by atoms with van der Waals surface area (Å²) in [6.45, 7) is 4.37. The molecule has 1 aromatic carbocycles. The zero-order valence-electron chi connectivity index (χ0n) is 10.2. The summed E-state index contributed by atoms with van der Waals surface area (Å²) < 4.78 is 4.74. The molecule has 0 amide bonds. The molecule has 3 N–H and O–H groups in total. The van der Waals surface area contributed by atoms with E-state index < -0.39 is 0 Å².